The first kappa shape index (κ1) is 13.5. The van der Waals surface area contributed by atoms with Crippen LogP contribution in [0.15, 0.2) is 6.33 Å². The van der Waals surface area contributed by atoms with Crippen molar-refractivity contribution >= 4 is 5.91 Å². The molecule has 1 aliphatic carbocycles. The predicted molar refractivity (Wildman–Crippen MR) is 74.6 cm³/mol. The second-order valence-electron chi connectivity index (χ2n) is 6.09. The fourth-order valence-electron chi connectivity index (χ4n) is 3.36. The highest BCUT2D eigenvalue weighted by molar-refractivity contribution is 5.76. The van der Waals surface area contributed by atoms with Gasteiger partial charge in [-0.15, -0.1) is 10.2 Å². The first-order chi connectivity index (χ1) is 9.72. The Labute approximate surface area is 119 Å². The molecular weight excluding hydrogens is 254 g/mol. The first-order valence-corrected chi connectivity index (χ1v) is 7.62. The van der Waals surface area contributed by atoms with Crippen LogP contribution in [0.25, 0.3) is 0 Å². The maximum absolute atomic E-state index is 12.3. The van der Waals surface area contributed by atoms with Crippen LogP contribution in [0.3, 0.4) is 0 Å². The van der Waals surface area contributed by atoms with Crippen molar-refractivity contribution in [2.24, 2.45) is 11.7 Å². The van der Waals surface area contributed by atoms with Crippen LogP contribution in [0.2, 0.25) is 0 Å². The van der Waals surface area contributed by atoms with E-state index in [0.717, 1.165) is 38.2 Å². The average Bonchev–Trinajstić information content (AvgIpc) is 2.92. The molecule has 1 aromatic heterocycles. The van der Waals surface area contributed by atoms with E-state index in [4.69, 9.17) is 5.73 Å². The van der Waals surface area contributed by atoms with Gasteiger partial charge >= 0.3 is 0 Å². The third-order valence-corrected chi connectivity index (χ3v) is 4.58. The van der Waals surface area contributed by atoms with Gasteiger partial charge in [0.05, 0.1) is 6.54 Å². The van der Waals surface area contributed by atoms with Gasteiger partial charge in [-0.3, -0.25) is 4.79 Å². The van der Waals surface area contributed by atoms with E-state index in [1.54, 1.807) is 6.33 Å². The predicted octanol–water partition coefficient (Wildman–Crippen LogP) is 0.918. The SMILES string of the molecule is NC1CCCC(CCC(=O)N2CCn3cnnc3C2)C1. The molecule has 2 N–H and O–H groups in total. The molecule has 110 valence electrons. The molecule has 2 aliphatic rings. The standard InChI is InChI=1S/C14H23N5O/c15-12-3-1-2-11(8-12)4-5-14(20)18-6-7-19-10-16-17-13(19)9-18/h10-12H,1-9,15H2. The smallest absolute Gasteiger partial charge is 0.223 e. The number of aromatic nitrogens is 3. The molecule has 6 nitrogen and oxygen atoms in total. The van der Waals surface area contributed by atoms with Gasteiger partial charge < -0.3 is 15.2 Å². The molecule has 1 aromatic rings. The van der Waals surface area contributed by atoms with Crippen molar-refractivity contribution in [1.82, 2.24) is 19.7 Å². The molecular formula is C14H23N5O. The van der Waals surface area contributed by atoms with Crippen molar-refractivity contribution in [2.45, 2.75) is 57.7 Å². The first-order valence-electron chi connectivity index (χ1n) is 7.62. The van der Waals surface area contributed by atoms with Crippen LogP contribution in [0.5, 0.6) is 0 Å². The third-order valence-electron chi connectivity index (χ3n) is 4.58. The molecule has 1 saturated carbocycles. The van der Waals surface area contributed by atoms with E-state index >= 15 is 0 Å². The van der Waals surface area contributed by atoms with E-state index in [-0.39, 0.29) is 5.91 Å². The quantitative estimate of drug-likeness (QED) is 0.891. The zero-order valence-electron chi connectivity index (χ0n) is 11.9. The van der Waals surface area contributed by atoms with Gasteiger partial charge in [0, 0.05) is 25.6 Å². The molecule has 1 fully saturated rings. The molecule has 0 saturated heterocycles. The lowest BCUT2D eigenvalue weighted by molar-refractivity contribution is -0.133. The van der Waals surface area contributed by atoms with Crippen LogP contribution in [0, 0.1) is 5.92 Å². The molecule has 1 aliphatic heterocycles. The molecule has 0 aromatic carbocycles. The van der Waals surface area contributed by atoms with Gasteiger partial charge in [-0.25, -0.2) is 0 Å². The average molecular weight is 277 g/mol. The zero-order chi connectivity index (χ0) is 13.9. The Balaban J connectivity index is 1.48. The van der Waals surface area contributed by atoms with Gasteiger partial charge in [0.1, 0.15) is 6.33 Å². The highest BCUT2D eigenvalue weighted by Crippen LogP contribution is 2.27. The lowest BCUT2D eigenvalue weighted by Crippen LogP contribution is -2.38. The summed E-state index contributed by atoms with van der Waals surface area (Å²) in [6.45, 7) is 2.18. The summed E-state index contributed by atoms with van der Waals surface area (Å²) in [5.41, 5.74) is 6.00. The van der Waals surface area contributed by atoms with E-state index in [1.165, 1.54) is 12.8 Å². The Bertz CT molecular complexity index is 472. The summed E-state index contributed by atoms with van der Waals surface area (Å²) in [6.07, 6.45) is 8.04. The molecule has 2 atom stereocenters. The van der Waals surface area contributed by atoms with Gasteiger partial charge in [0.2, 0.25) is 5.91 Å². The Kier molecular flexibility index (Phi) is 4.00. The van der Waals surface area contributed by atoms with E-state index in [9.17, 15) is 4.79 Å². The number of rotatable bonds is 3. The molecule has 0 bridgehead atoms. The van der Waals surface area contributed by atoms with Crippen molar-refractivity contribution < 1.29 is 4.79 Å². The number of carbonyl (C=O) groups is 1. The third kappa shape index (κ3) is 3.00. The minimum absolute atomic E-state index is 0.249. The molecule has 3 rings (SSSR count). The van der Waals surface area contributed by atoms with Gasteiger partial charge in [-0.1, -0.05) is 12.8 Å². The normalized spacial score (nSPS) is 26.4. The lowest BCUT2D eigenvalue weighted by atomic mass is 9.83. The molecule has 0 spiro atoms. The van der Waals surface area contributed by atoms with Crippen LogP contribution < -0.4 is 5.73 Å². The monoisotopic (exact) mass is 277 g/mol. The van der Waals surface area contributed by atoms with Gasteiger partial charge in [-0.2, -0.15) is 0 Å². The number of hydrogen-bond donors (Lipinski definition) is 1. The van der Waals surface area contributed by atoms with E-state index < -0.39 is 0 Å². The van der Waals surface area contributed by atoms with Gasteiger partial charge in [0.25, 0.3) is 0 Å². The van der Waals surface area contributed by atoms with Crippen LogP contribution in [-0.2, 0) is 17.9 Å². The molecule has 0 radical (unpaired) electrons. The second kappa shape index (κ2) is 5.91. The molecule has 2 unspecified atom stereocenters. The largest absolute Gasteiger partial charge is 0.333 e. The maximum atomic E-state index is 12.3. The summed E-state index contributed by atoms with van der Waals surface area (Å²) >= 11 is 0. The number of hydrogen-bond acceptors (Lipinski definition) is 4. The summed E-state index contributed by atoms with van der Waals surface area (Å²) < 4.78 is 2.02. The topological polar surface area (TPSA) is 77.0 Å². The molecule has 6 heteroatoms. The van der Waals surface area contributed by atoms with Crippen LogP contribution in [0.4, 0.5) is 0 Å². The summed E-state index contributed by atoms with van der Waals surface area (Å²) in [5, 5.41) is 7.94. The summed E-state index contributed by atoms with van der Waals surface area (Å²) in [6, 6.07) is 0.345. The van der Waals surface area contributed by atoms with Crippen LogP contribution in [-0.4, -0.2) is 38.2 Å². The number of nitrogens with two attached hydrogens (primary N) is 1. The highest BCUT2D eigenvalue weighted by atomic mass is 16.2. The fourth-order valence-corrected chi connectivity index (χ4v) is 3.36. The van der Waals surface area contributed by atoms with Crippen molar-refractivity contribution in [3.05, 3.63) is 12.2 Å². The summed E-state index contributed by atoms with van der Waals surface area (Å²) in [5.74, 6) is 1.78. The van der Waals surface area contributed by atoms with E-state index in [1.807, 2.05) is 9.47 Å². The maximum Gasteiger partial charge on any atom is 0.223 e. The Hall–Kier alpha value is -1.43. The number of amides is 1. The van der Waals surface area contributed by atoms with Crippen molar-refractivity contribution in [3.8, 4) is 0 Å². The van der Waals surface area contributed by atoms with E-state index in [0.29, 0.717) is 24.9 Å². The Morgan fingerprint density at radius 1 is 1.40 bits per heavy atom. The fraction of sp³-hybridized carbons (Fsp3) is 0.786. The second-order valence-corrected chi connectivity index (χ2v) is 6.09. The summed E-state index contributed by atoms with van der Waals surface area (Å²) in [7, 11) is 0. The minimum atomic E-state index is 0.249. The Morgan fingerprint density at radius 3 is 3.15 bits per heavy atom. The van der Waals surface area contributed by atoms with Gasteiger partial charge in [0.15, 0.2) is 5.82 Å². The van der Waals surface area contributed by atoms with Crippen LogP contribution >= 0.6 is 0 Å². The zero-order valence-corrected chi connectivity index (χ0v) is 11.9. The Morgan fingerprint density at radius 2 is 2.30 bits per heavy atom. The highest BCUT2D eigenvalue weighted by Gasteiger charge is 2.24. The van der Waals surface area contributed by atoms with E-state index in [2.05, 4.69) is 10.2 Å². The lowest BCUT2D eigenvalue weighted by Gasteiger charge is -2.29. The summed E-state index contributed by atoms with van der Waals surface area (Å²) in [4.78, 5) is 14.2. The van der Waals surface area contributed by atoms with Crippen molar-refractivity contribution in [2.75, 3.05) is 6.54 Å². The minimum Gasteiger partial charge on any atom is -0.333 e. The number of nitrogens with zero attached hydrogens (tertiary/aromatic N) is 4. The molecule has 1 amide bonds. The van der Waals surface area contributed by atoms with Crippen molar-refractivity contribution in [3.63, 3.8) is 0 Å². The van der Waals surface area contributed by atoms with Crippen LogP contribution in [0.1, 0.15) is 44.3 Å². The molecule has 20 heavy (non-hydrogen) atoms. The van der Waals surface area contributed by atoms with Crippen molar-refractivity contribution in [1.29, 1.82) is 0 Å². The number of fused-ring (bicyclic) bond motifs is 1. The molecule has 2 heterocycles. The van der Waals surface area contributed by atoms with Gasteiger partial charge in [-0.05, 0) is 25.2 Å². The number of carbonyl (C=O) groups excluding carboxylic acids is 1.